The minimum atomic E-state index is -0.126. The average molecular weight is 487 g/mol. The maximum atomic E-state index is 13.5. The molecule has 35 heavy (non-hydrogen) atoms. The van der Waals surface area contributed by atoms with Crippen LogP contribution in [0.2, 0.25) is 0 Å². The summed E-state index contributed by atoms with van der Waals surface area (Å²) in [6, 6.07) is 20.0. The molecule has 1 amide bonds. The summed E-state index contributed by atoms with van der Waals surface area (Å²) in [5.74, 6) is 1.84. The van der Waals surface area contributed by atoms with Crippen molar-refractivity contribution in [3.63, 3.8) is 0 Å². The van der Waals surface area contributed by atoms with Crippen molar-refractivity contribution in [2.24, 2.45) is 11.0 Å². The number of thiophene rings is 1. The maximum absolute atomic E-state index is 13.5. The van der Waals surface area contributed by atoms with Gasteiger partial charge in [-0.05, 0) is 91.6 Å². The van der Waals surface area contributed by atoms with Gasteiger partial charge in [0.2, 0.25) is 0 Å². The summed E-state index contributed by atoms with van der Waals surface area (Å²) in [5, 5.41) is 8.65. The van der Waals surface area contributed by atoms with Crippen LogP contribution >= 0.6 is 11.3 Å². The van der Waals surface area contributed by atoms with Gasteiger partial charge >= 0.3 is 0 Å². The Labute approximate surface area is 210 Å². The molecule has 0 saturated heterocycles. The second kappa shape index (κ2) is 10.5. The molecule has 0 N–H and O–H groups in total. The summed E-state index contributed by atoms with van der Waals surface area (Å²) in [7, 11) is 0. The molecule has 2 atom stereocenters. The van der Waals surface area contributed by atoms with Gasteiger partial charge in [-0.3, -0.25) is 4.79 Å². The van der Waals surface area contributed by atoms with E-state index in [0.717, 1.165) is 47.6 Å². The van der Waals surface area contributed by atoms with E-state index in [4.69, 9.17) is 14.6 Å². The number of hydrazone groups is 1. The minimum absolute atomic E-state index is 0.0406. The number of rotatable bonds is 7. The van der Waals surface area contributed by atoms with Gasteiger partial charge in [-0.15, -0.1) is 11.3 Å². The van der Waals surface area contributed by atoms with Crippen LogP contribution in [0.25, 0.3) is 6.08 Å². The number of allylic oxidation sites excluding steroid dienone is 1. The SMILES string of the molecule is CCOc1ccc(/C=C2\CCCC3C2=NN(C(=O)c2cccs2)C3c2ccc(OCC)cc2)cc1. The van der Waals surface area contributed by atoms with Crippen molar-refractivity contribution in [3.8, 4) is 11.5 Å². The van der Waals surface area contributed by atoms with Crippen LogP contribution in [-0.2, 0) is 0 Å². The molecule has 5 nitrogen and oxygen atoms in total. The molecule has 1 aliphatic heterocycles. The molecule has 2 aliphatic rings. The largest absolute Gasteiger partial charge is 0.494 e. The lowest BCUT2D eigenvalue weighted by atomic mass is 9.77. The van der Waals surface area contributed by atoms with Crippen LogP contribution in [0.4, 0.5) is 0 Å². The fourth-order valence-corrected chi connectivity index (χ4v) is 5.63. The molecule has 3 aromatic rings. The molecular formula is C29H30N2O3S. The predicted molar refractivity (Wildman–Crippen MR) is 141 cm³/mol. The highest BCUT2D eigenvalue weighted by atomic mass is 32.1. The molecule has 0 spiro atoms. The first-order chi connectivity index (χ1) is 17.2. The van der Waals surface area contributed by atoms with Gasteiger partial charge in [0.1, 0.15) is 11.5 Å². The standard InChI is InChI=1S/C29H30N2O3S/c1-3-33-23-14-10-20(11-15-23)19-22-7-5-8-25-27(22)30-31(29(32)26-9-6-18-35-26)28(25)21-12-16-24(17-13-21)34-4-2/h6,9-19,25,28H,3-5,7-8H2,1-2H3/b22-19+. The van der Waals surface area contributed by atoms with Gasteiger partial charge < -0.3 is 9.47 Å². The molecule has 2 unspecified atom stereocenters. The van der Waals surface area contributed by atoms with Crippen molar-refractivity contribution in [3.05, 3.63) is 87.6 Å². The zero-order valence-corrected chi connectivity index (χ0v) is 21.0. The third kappa shape index (κ3) is 4.89. The Hall–Kier alpha value is -3.38. The maximum Gasteiger partial charge on any atom is 0.284 e. The van der Waals surface area contributed by atoms with Gasteiger partial charge in [0.05, 0.1) is 29.8 Å². The van der Waals surface area contributed by atoms with Crippen molar-refractivity contribution in [2.75, 3.05) is 13.2 Å². The van der Waals surface area contributed by atoms with E-state index in [1.54, 1.807) is 5.01 Å². The fourth-order valence-electron chi connectivity index (χ4n) is 4.97. The highest BCUT2D eigenvalue weighted by Gasteiger charge is 2.44. The summed E-state index contributed by atoms with van der Waals surface area (Å²) in [5.41, 5.74) is 4.45. The molecule has 1 aliphatic carbocycles. The topological polar surface area (TPSA) is 51.1 Å². The molecule has 0 bridgehead atoms. The molecule has 180 valence electrons. The Balaban J connectivity index is 1.50. The van der Waals surface area contributed by atoms with Gasteiger partial charge in [0, 0.05) is 5.92 Å². The van der Waals surface area contributed by atoms with Crippen molar-refractivity contribution >= 4 is 29.0 Å². The van der Waals surface area contributed by atoms with Crippen LogP contribution < -0.4 is 9.47 Å². The molecule has 6 heteroatoms. The van der Waals surface area contributed by atoms with Crippen molar-refractivity contribution < 1.29 is 14.3 Å². The predicted octanol–water partition coefficient (Wildman–Crippen LogP) is 6.98. The Morgan fingerprint density at radius 2 is 1.71 bits per heavy atom. The zero-order chi connectivity index (χ0) is 24.2. The molecule has 1 aromatic heterocycles. The highest BCUT2D eigenvalue weighted by molar-refractivity contribution is 7.12. The highest BCUT2D eigenvalue weighted by Crippen LogP contribution is 2.45. The van der Waals surface area contributed by atoms with Gasteiger partial charge in [0.25, 0.3) is 5.91 Å². The zero-order valence-electron chi connectivity index (χ0n) is 20.1. The van der Waals surface area contributed by atoms with Crippen LogP contribution in [0.3, 0.4) is 0 Å². The average Bonchev–Trinajstić information content (AvgIpc) is 3.55. The lowest BCUT2D eigenvalue weighted by Gasteiger charge is -2.29. The second-order valence-corrected chi connectivity index (χ2v) is 9.68. The normalized spacial score (nSPS) is 20.5. The minimum Gasteiger partial charge on any atom is -0.494 e. The quantitative estimate of drug-likeness (QED) is 0.362. The molecule has 0 radical (unpaired) electrons. The van der Waals surface area contributed by atoms with Crippen molar-refractivity contribution in [1.29, 1.82) is 0 Å². The summed E-state index contributed by atoms with van der Waals surface area (Å²) in [6.07, 6.45) is 5.25. The lowest BCUT2D eigenvalue weighted by molar-refractivity contribution is 0.0686. The third-order valence-corrected chi connectivity index (χ3v) is 7.36. The smallest absolute Gasteiger partial charge is 0.284 e. The van der Waals surface area contributed by atoms with E-state index >= 15 is 0 Å². The number of carbonyl (C=O) groups excluding carboxylic acids is 1. The monoisotopic (exact) mass is 486 g/mol. The van der Waals surface area contributed by atoms with Crippen LogP contribution in [0.5, 0.6) is 11.5 Å². The van der Waals surface area contributed by atoms with Gasteiger partial charge in [-0.2, -0.15) is 5.10 Å². The van der Waals surface area contributed by atoms with Gasteiger partial charge in [0.15, 0.2) is 0 Å². The molecule has 1 saturated carbocycles. The third-order valence-electron chi connectivity index (χ3n) is 6.51. The molecule has 2 heterocycles. The molecule has 1 fully saturated rings. The first kappa shape index (κ1) is 23.4. The van der Waals surface area contributed by atoms with Crippen LogP contribution in [0.15, 0.2) is 76.7 Å². The summed E-state index contributed by atoms with van der Waals surface area (Å²) in [4.78, 5) is 14.2. The Morgan fingerprint density at radius 3 is 2.34 bits per heavy atom. The number of ether oxygens (including phenoxy) is 2. The van der Waals surface area contributed by atoms with E-state index in [-0.39, 0.29) is 17.9 Å². The number of amides is 1. The Kier molecular flexibility index (Phi) is 7.00. The first-order valence-corrected chi connectivity index (χ1v) is 13.2. The number of carbonyl (C=O) groups is 1. The fraction of sp³-hybridized carbons (Fsp3) is 0.310. The molecule has 5 rings (SSSR count). The summed E-state index contributed by atoms with van der Waals surface area (Å²) < 4.78 is 11.2. The van der Waals surface area contributed by atoms with E-state index in [1.165, 1.54) is 16.9 Å². The molecule has 2 aromatic carbocycles. The van der Waals surface area contributed by atoms with Crippen molar-refractivity contribution in [1.82, 2.24) is 5.01 Å². The van der Waals surface area contributed by atoms with Crippen LogP contribution in [0, 0.1) is 5.92 Å². The van der Waals surface area contributed by atoms with Crippen molar-refractivity contribution in [2.45, 2.75) is 39.2 Å². The second-order valence-electron chi connectivity index (χ2n) is 8.73. The number of fused-ring (bicyclic) bond motifs is 1. The summed E-state index contributed by atoms with van der Waals surface area (Å²) in [6.45, 7) is 5.24. The summed E-state index contributed by atoms with van der Waals surface area (Å²) >= 11 is 1.46. The van der Waals surface area contributed by atoms with E-state index in [1.807, 2.05) is 55.6 Å². The molecular weight excluding hydrogens is 456 g/mol. The van der Waals surface area contributed by atoms with E-state index in [0.29, 0.717) is 18.1 Å². The van der Waals surface area contributed by atoms with E-state index in [9.17, 15) is 4.79 Å². The number of benzene rings is 2. The number of hydrogen-bond acceptors (Lipinski definition) is 5. The van der Waals surface area contributed by atoms with Gasteiger partial charge in [-0.25, -0.2) is 5.01 Å². The number of hydrogen-bond donors (Lipinski definition) is 0. The van der Waals surface area contributed by atoms with Crippen LogP contribution in [-0.4, -0.2) is 29.8 Å². The Morgan fingerprint density at radius 1 is 1.03 bits per heavy atom. The first-order valence-electron chi connectivity index (χ1n) is 12.3. The van der Waals surface area contributed by atoms with E-state index in [2.05, 4.69) is 30.3 Å². The van der Waals surface area contributed by atoms with Crippen LogP contribution in [0.1, 0.15) is 60.0 Å². The number of nitrogens with zero attached hydrogens (tertiary/aromatic N) is 2. The van der Waals surface area contributed by atoms with Gasteiger partial charge in [-0.1, -0.05) is 30.3 Å². The Bertz CT molecular complexity index is 1210. The lowest BCUT2D eigenvalue weighted by Crippen LogP contribution is -2.31. The van der Waals surface area contributed by atoms with E-state index < -0.39 is 0 Å².